The Labute approximate surface area is 95.8 Å². The number of hydrogen-bond acceptors (Lipinski definition) is 3. The van der Waals surface area contributed by atoms with Gasteiger partial charge in [-0.2, -0.15) is 0 Å². The molecule has 1 amide bonds. The van der Waals surface area contributed by atoms with Crippen LogP contribution < -0.4 is 5.32 Å². The summed E-state index contributed by atoms with van der Waals surface area (Å²) in [5, 5.41) is 10.8. The van der Waals surface area contributed by atoms with Gasteiger partial charge in [-0.1, -0.05) is 12.8 Å². The van der Waals surface area contributed by atoms with Crippen LogP contribution in [-0.4, -0.2) is 48.6 Å². The average molecular weight is 228 g/mol. The molecule has 1 aliphatic rings. The van der Waals surface area contributed by atoms with Crippen LogP contribution in [-0.2, 0) is 9.59 Å². The Kier molecular flexibility index (Phi) is 5.25. The second kappa shape index (κ2) is 6.48. The van der Waals surface area contributed by atoms with Crippen molar-refractivity contribution in [2.75, 3.05) is 26.7 Å². The van der Waals surface area contributed by atoms with Crippen molar-refractivity contribution in [1.82, 2.24) is 10.2 Å². The molecule has 5 nitrogen and oxygen atoms in total. The van der Waals surface area contributed by atoms with E-state index in [1.54, 1.807) is 0 Å². The minimum absolute atomic E-state index is 0.220. The molecule has 1 rings (SSSR count). The van der Waals surface area contributed by atoms with Crippen molar-refractivity contribution in [3.05, 3.63) is 0 Å². The van der Waals surface area contributed by atoms with Crippen molar-refractivity contribution >= 4 is 11.9 Å². The maximum atomic E-state index is 11.3. The van der Waals surface area contributed by atoms with Crippen LogP contribution in [0.25, 0.3) is 0 Å². The number of rotatable bonds is 6. The highest BCUT2D eigenvalue weighted by Gasteiger charge is 2.17. The summed E-state index contributed by atoms with van der Waals surface area (Å²) < 4.78 is 0. The van der Waals surface area contributed by atoms with E-state index in [4.69, 9.17) is 5.11 Å². The van der Waals surface area contributed by atoms with Gasteiger partial charge in [0.1, 0.15) is 6.54 Å². The smallest absolute Gasteiger partial charge is 0.322 e. The Bertz CT molecular complexity index is 250. The zero-order valence-corrected chi connectivity index (χ0v) is 9.74. The molecule has 0 heterocycles. The standard InChI is InChI=1S/C11H20N2O3/c1-13(7-9-4-2-3-5-9)8-10(14)12-6-11(15)16/h9H,2-8H2,1H3,(H,12,14)(H,15,16). The van der Waals surface area contributed by atoms with E-state index in [-0.39, 0.29) is 19.0 Å². The average Bonchev–Trinajstić information content (AvgIpc) is 2.67. The highest BCUT2D eigenvalue weighted by Crippen LogP contribution is 2.24. The van der Waals surface area contributed by atoms with Crippen molar-refractivity contribution in [2.45, 2.75) is 25.7 Å². The molecule has 1 fully saturated rings. The zero-order chi connectivity index (χ0) is 12.0. The van der Waals surface area contributed by atoms with Gasteiger partial charge in [0.2, 0.25) is 5.91 Å². The molecule has 0 saturated heterocycles. The van der Waals surface area contributed by atoms with E-state index in [9.17, 15) is 9.59 Å². The molecule has 0 aliphatic heterocycles. The Balaban J connectivity index is 2.14. The predicted octanol–water partition coefficient (Wildman–Crippen LogP) is 0.309. The Morgan fingerprint density at radius 2 is 2.00 bits per heavy atom. The summed E-state index contributed by atoms with van der Waals surface area (Å²) in [6.07, 6.45) is 5.09. The SMILES string of the molecule is CN(CC(=O)NCC(=O)O)CC1CCCC1. The van der Waals surface area contributed by atoms with Gasteiger partial charge in [-0.05, 0) is 25.8 Å². The largest absolute Gasteiger partial charge is 0.480 e. The molecule has 0 radical (unpaired) electrons. The normalized spacial score (nSPS) is 16.6. The summed E-state index contributed by atoms with van der Waals surface area (Å²) in [4.78, 5) is 23.5. The van der Waals surface area contributed by atoms with Gasteiger partial charge >= 0.3 is 5.97 Å². The molecule has 1 aliphatic carbocycles. The summed E-state index contributed by atoms with van der Waals surface area (Å²) in [5.41, 5.74) is 0. The van der Waals surface area contributed by atoms with Gasteiger partial charge in [0.05, 0.1) is 6.54 Å². The van der Waals surface area contributed by atoms with Gasteiger partial charge < -0.3 is 10.4 Å². The second-order valence-electron chi connectivity index (χ2n) is 4.52. The predicted molar refractivity (Wildman–Crippen MR) is 60.1 cm³/mol. The maximum Gasteiger partial charge on any atom is 0.322 e. The lowest BCUT2D eigenvalue weighted by Crippen LogP contribution is -2.39. The number of likely N-dealkylation sites (N-methyl/N-ethyl adjacent to an activating group) is 1. The highest BCUT2D eigenvalue weighted by atomic mass is 16.4. The van der Waals surface area contributed by atoms with Crippen LogP contribution in [0.2, 0.25) is 0 Å². The third kappa shape index (κ3) is 5.11. The van der Waals surface area contributed by atoms with E-state index in [1.165, 1.54) is 25.7 Å². The Morgan fingerprint density at radius 3 is 2.56 bits per heavy atom. The van der Waals surface area contributed by atoms with Gasteiger partial charge in [-0.15, -0.1) is 0 Å². The summed E-state index contributed by atoms with van der Waals surface area (Å²) in [5.74, 6) is -0.521. The van der Waals surface area contributed by atoms with Gasteiger partial charge in [0.25, 0.3) is 0 Å². The number of carboxylic acids is 1. The van der Waals surface area contributed by atoms with Crippen molar-refractivity contribution in [1.29, 1.82) is 0 Å². The highest BCUT2D eigenvalue weighted by molar-refractivity contribution is 5.82. The number of hydrogen-bond donors (Lipinski definition) is 2. The minimum Gasteiger partial charge on any atom is -0.480 e. The van der Waals surface area contributed by atoms with E-state index in [1.807, 2.05) is 11.9 Å². The number of carbonyl (C=O) groups is 2. The van der Waals surface area contributed by atoms with E-state index < -0.39 is 5.97 Å². The Morgan fingerprint density at radius 1 is 1.38 bits per heavy atom. The first kappa shape index (κ1) is 13.0. The fourth-order valence-corrected chi connectivity index (χ4v) is 2.17. The summed E-state index contributed by atoms with van der Waals surface area (Å²) >= 11 is 0. The van der Waals surface area contributed by atoms with Crippen LogP contribution in [0.1, 0.15) is 25.7 Å². The van der Waals surface area contributed by atoms with Gasteiger partial charge in [-0.25, -0.2) is 0 Å². The first-order valence-corrected chi connectivity index (χ1v) is 5.75. The molecular formula is C11H20N2O3. The number of carboxylic acid groups (broad SMARTS) is 1. The topological polar surface area (TPSA) is 69.6 Å². The molecule has 5 heteroatoms. The molecular weight excluding hydrogens is 208 g/mol. The van der Waals surface area contributed by atoms with Crippen LogP contribution in [0, 0.1) is 5.92 Å². The molecule has 0 unspecified atom stereocenters. The third-order valence-corrected chi connectivity index (χ3v) is 2.89. The fraction of sp³-hybridized carbons (Fsp3) is 0.818. The molecule has 0 aromatic rings. The molecule has 2 N–H and O–H groups in total. The van der Waals surface area contributed by atoms with E-state index in [2.05, 4.69) is 5.32 Å². The third-order valence-electron chi connectivity index (χ3n) is 2.89. The quantitative estimate of drug-likeness (QED) is 0.686. The van der Waals surface area contributed by atoms with Crippen LogP contribution in [0.3, 0.4) is 0 Å². The molecule has 92 valence electrons. The minimum atomic E-state index is -1.01. The van der Waals surface area contributed by atoms with Crippen LogP contribution >= 0.6 is 0 Å². The molecule has 0 aromatic heterocycles. The lowest BCUT2D eigenvalue weighted by molar-refractivity contribution is -0.138. The number of amides is 1. The van der Waals surface area contributed by atoms with Gasteiger partial charge in [0, 0.05) is 6.54 Å². The molecule has 1 saturated carbocycles. The first-order chi connectivity index (χ1) is 7.58. The van der Waals surface area contributed by atoms with Crippen molar-refractivity contribution < 1.29 is 14.7 Å². The lowest BCUT2D eigenvalue weighted by atomic mass is 10.1. The van der Waals surface area contributed by atoms with Crippen LogP contribution in [0.5, 0.6) is 0 Å². The zero-order valence-electron chi connectivity index (χ0n) is 9.74. The monoisotopic (exact) mass is 228 g/mol. The van der Waals surface area contributed by atoms with Gasteiger partial charge in [0.15, 0.2) is 0 Å². The number of nitrogens with zero attached hydrogens (tertiary/aromatic N) is 1. The van der Waals surface area contributed by atoms with E-state index in [0.29, 0.717) is 5.92 Å². The Hall–Kier alpha value is -1.10. The van der Waals surface area contributed by atoms with Crippen molar-refractivity contribution in [2.24, 2.45) is 5.92 Å². The number of carbonyl (C=O) groups excluding carboxylic acids is 1. The lowest BCUT2D eigenvalue weighted by Gasteiger charge is -2.19. The van der Waals surface area contributed by atoms with Crippen molar-refractivity contribution in [3.8, 4) is 0 Å². The van der Waals surface area contributed by atoms with Gasteiger partial charge in [-0.3, -0.25) is 14.5 Å². The van der Waals surface area contributed by atoms with Crippen molar-refractivity contribution in [3.63, 3.8) is 0 Å². The number of nitrogens with one attached hydrogen (secondary N) is 1. The summed E-state index contributed by atoms with van der Waals surface area (Å²) in [6, 6.07) is 0. The van der Waals surface area contributed by atoms with Crippen LogP contribution in [0.4, 0.5) is 0 Å². The molecule has 0 spiro atoms. The molecule has 0 atom stereocenters. The fourth-order valence-electron chi connectivity index (χ4n) is 2.17. The molecule has 16 heavy (non-hydrogen) atoms. The first-order valence-electron chi connectivity index (χ1n) is 5.75. The molecule has 0 aromatic carbocycles. The second-order valence-corrected chi connectivity index (χ2v) is 4.52. The molecule has 0 bridgehead atoms. The van der Waals surface area contributed by atoms with E-state index >= 15 is 0 Å². The maximum absolute atomic E-state index is 11.3. The summed E-state index contributed by atoms with van der Waals surface area (Å²) in [6.45, 7) is 0.917. The number of aliphatic carboxylic acids is 1. The van der Waals surface area contributed by atoms with Crippen LogP contribution in [0.15, 0.2) is 0 Å². The summed E-state index contributed by atoms with van der Waals surface area (Å²) in [7, 11) is 1.90. The van der Waals surface area contributed by atoms with E-state index in [0.717, 1.165) is 6.54 Å².